The average molecular weight is 411 g/mol. The molecule has 0 aliphatic carbocycles. The summed E-state index contributed by atoms with van der Waals surface area (Å²) >= 11 is 0. The van der Waals surface area contributed by atoms with E-state index >= 15 is 0 Å². The summed E-state index contributed by atoms with van der Waals surface area (Å²) in [5.74, 6) is 0.492. The molecular weight excluding hydrogens is 388 g/mol. The summed E-state index contributed by atoms with van der Waals surface area (Å²) in [5, 5.41) is 3.25. The summed E-state index contributed by atoms with van der Waals surface area (Å²) in [6.07, 6.45) is 0. The van der Waals surface area contributed by atoms with E-state index in [4.69, 9.17) is 10.7 Å². The van der Waals surface area contributed by atoms with Gasteiger partial charge in [-0.15, -0.1) is 0 Å². The van der Waals surface area contributed by atoms with Crippen LogP contribution in [0.5, 0.6) is 0 Å². The Balaban J connectivity index is 1.75. The van der Waals surface area contributed by atoms with Crippen LogP contribution in [0.25, 0.3) is 11.3 Å². The molecular formula is C22H23F2N5O. The topological polar surface area (TPSA) is 76.2 Å². The van der Waals surface area contributed by atoms with Crippen LogP contribution in [-0.4, -0.2) is 32.4 Å². The zero-order valence-corrected chi connectivity index (χ0v) is 16.8. The molecule has 156 valence electrons. The molecule has 0 radical (unpaired) electrons. The summed E-state index contributed by atoms with van der Waals surface area (Å²) in [6, 6.07) is 12.2. The third-order valence-electron chi connectivity index (χ3n) is 5.02. The molecule has 0 saturated carbocycles. The Kier molecular flexibility index (Phi) is 5.03. The van der Waals surface area contributed by atoms with Crippen LogP contribution in [0.4, 0.5) is 20.3 Å². The first-order chi connectivity index (χ1) is 14.2. The molecule has 30 heavy (non-hydrogen) atoms. The number of carbonyl (C=O) groups is 1. The van der Waals surface area contributed by atoms with Gasteiger partial charge < -0.3 is 20.5 Å². The number of fused-ring (bicyclic) bond motifs is 1. The van der Waals surface area contributed by atoms with Gasteiger partial charge in [0.1, 0.15) is 29.0 Å². The molecule has 8 heteroatoms. The van der Waals surface area contributed by atoms with E-state index in [0.29, 0.717) is 48.2 Å². The minimum atomic E-state index is -0.975. The predicted molar refractivity (Wildman–Crippen MR) is 111 cm³/mol. The molecule has 4 rings (SSSR count). The zero-order valence-electron chi connectivity index (χ0n) is 16.8. The van der Waals surface area contributed by atoms with Crippen LogP contribution >= 0.6 is 0 Å². The average Bonchev–Trinajstić information content (AvgIpc) is 3.05. The van der Waals surface area contributed by atoms with Gasteiger partial charge in [-0.2, -0.15) is 0 Å². The van der Waals surface area contributed by atoms with Crippen LogP contribution < -0.4 is 11.1 Å². The molecule has 3 N–H and O–H groups in total. The van der Waals surface area contributed by atoms with Gasteiger partial charge in [0.25, 0.3) is 0 Å². The molecule has 0 unspecified atom stereocenters. The van der Waals surface area contributed by atoms with E-state index < -0.39 is 5.54 Å². The van der Waals surface area contributed by atoms with Crippen LogP contribution in [0.1, 0.15) is 19.7 Å². The Labute approximate surface area is 173 Å². The lowest BCUT2D eigenvalue weighted by molar-refractivity contribution is -0.137. The second-order valence-corrected chi connectivity index (χ2v) is 7.97. The fourth-order valence-corrected chi connectivity index (χ4v) is 3.55. The van der Waals surface area contributed by atoms with Gasteiger partial charge in [0.05, 0.1) is 12.1 Å². The maximum Gasteiger partial charge on any atom is 0.242 e. The molecule has 0 fully saturated rings. The Morgan fingerprint density at radius 2 is 1.83 bits per heavy atom. The minimum absolute atomic E-state index is 0.153. The third kappa shape index (κ3) is 3.91. The van der Waals surface area contributed by atoms with Gasteiger partial charge in [-0.05, 0) is 56.3 Å². The van der Waals surface area contributed by atoms with E-state index in [-0.39, 0.29) is 17.5 Å². The highest BCUT2D eigenvalue weighted by molar-refractivity contribution is 5.85. The van der Waals surface area contributed by atoms with E-state index in [2.05, 4.69) is 5.32 Å². The zero-order chi connectivity index (χ0) is 21.5. The summed E-state index contributed by atoms with van der Waals surface area (Å²) in [7, 11) is 0. The van der Waals surface area contributed by atoms with Crippen molar-refractivity contribution < 1.29 is 13.6 Å². The number of anilines is 2. The number of rotatable bonds is 4. The number of amides is 1. The molecule has 0 saturated heterocycles. The van der Waals surface area contributed by atoms with E-state index in [9.17, 15) is 13.6 Å². The lowest BCUT2D eigenvalue weighted by Crippen LogP contribution is -2.52. The van der Waals surface area contributed by atoms with Gasteiger partial charge in [-0.1, -0.05) is 6.07 Å². The molecule has 0 bridgehead atoms. The number of aromatic nitrogens is 2. The second-order valence-electron chi connectivity index (χ2n) is 7.97. The highest BCUT2D eigenvalue weighted by Crippen LogP contribution is 2.33. The quantitative estimate of drug-likeness (QED) is 0.687. The van der Waals surface area contributed by atoms with Crippen LogP contribution in [0, 0.1) is 11.6 Å². The number of nitrogens with one attached hydrogen (secondary N) is 1. The lowest BCUT2D eigenvalue weighted by Gasteiger charge is -2.33. The lowest BCUT2D eigenvalue weighted by atomic mass is 10.1. The number of carbonyl (C=O) groups excluding carboxylic acids is 1. The van der Waals surface area contributed by atoms with Crippen LogP contribution in [0.2, 0.25) is 0 Å². The second kappa shape index (κ2) is 7.53. The molecule has 0 atom stereocenters. The van der Waals surface area contributed by atoms with Gasteiger partial charge in [0.2, 0.25) is 5.91 Å². The summed E-state index contributed by atoms with van der Waals surface area (Å²) < 4.78 is 29.1. The Morgan fingerprint density at radius 3 is 2.50 bits per heavy atom. The SMILES string of the molecule is CC(C)(N)C(=O)N1CCn2c(nc(-c3ccc(F)cc3)c2Nc2cccc(F)c2)C1. The number of hydrogen-bond acceptors (Lipinski definition) is 4. The largest absolute Gasteiger partial charge is 0.340 e. The van der Waals surface area contributed by atoms with Crippen molar-refractivity contribution in [3.05, 3.63) is 66.0 Å². The van der Waals surface area contributed by atoms with E-state index in [1.807, 2.05) is 4.57 Å². The highest BCUT2D eigenvalue weighted by Gasteiger charge is 2.32. The van der Waals surface area contributed by atoms with Gasteiger partial charge in [-0.3, -0.25) is 4.79 Å². The Hall–Kier alpha value is -3.26. The predicted octanol–water partition coefficient (Wildman–Crippen LogP) is 3.65. The summed E-state index contributed by atoms with van der Waals surface area (Å²) in [5.41, 5.74) is 6.91. The van der Waals surface area contributed by atoms with Gasteiger partial charge >= 0.3 is 0 Å². The summed E-state index contributed by atoms with van der Waals surface area (Å²) in [6.45, 7) is 4.64. The van der Waals surface area contributed by atoms with Crippen LogP contribution in [-0.2, 0) is 17.9 Å². The minimum Gasteiger partial charge on any atom is -0.340 e. The number of imidazole rings is 1. The fourth-order valence-electron chi connectivity index (χ4n) is 3.55. The van der Waals surface area contributed by atoms with Crippen molar-refractivity contribution in [2.75, 3.05) is 11.9 Å². The molecule has 1 amide bonds. The van der Waals surface area contributed by atoms with E-state index in [1.54, 1.807) is 43.0 Å². The smallest absolute Gasteiger partial charge is 0.242 e. The molecule has 2 heterocycles. The molecule has 1 aliphatic heterocycles. The third-order valence-corrected chi connectivity index (χ3v) is 5.02. The molecule has 6 nitrogen and oxygen atoms in total. The van der Waals surface area contributed by atoms with Crippen LogP contribution in [0.3, 0.4) is 0 Å². The van der Waals surface area contributed by atoms with E-state index in [0.717, 1.165) is 0 Å². The number of nitrogens with two attached hydrogens (primary N) is 1. The van der Waals surface area contributed by atoms with Crippen molar-refractivity contribution in [3.63, 3.8) is 0 Å². The van der Waals surface area contributed by atoms with Crippen molar-refractivity contribution in [2.45, 2.75) is 32.5 Å². The van der Waals surface area contributed by atoms with Crippen LogP contribution in [0.15, 0.2) is 48.5 Å². The molecule has 1 aliphatic rings. The van der Waals surface area contributed by atoms with Crippen molar-refractivity contribution in [3.8, 4) is 11.3 Å². The Morgan fingerprint density at radius 1 is 1.10 bits per heavy atom. The summed E-state index contributed by atoms with van der Waals surface area (Å²) in [4.78, 5) is 19.0. The molecule has 2 aromatic carbocycles. The maximum absolute atomic E-state index is 13.7. The Bertz CT molecular complexity index is 1090. The monoisotopic (exact) mass is 411 g/mol. The normalized spacial score (nSPS) is 13.8. The van der Waals surface area contributed by atoms with Gasteiger partial charge in [0.15, 0.2) is 0 Å². The van der Waals surface area contributed by atoms with Crippen molar-refractivity contribution >= 4 is 17.4 Å². The number of halogens is 2. The number of nitrogens with zero attached hydrogens (tertiary/aromatic N) is 3. The molecule has 3 aromatic rings. The standard InChI is InChI=1S/C22H23F2N5O/c1-22(2,25)21(30)28-10-11-29-18(13-28)27-19(14-6-8-15(23)9-7-14)20(29)26-17-5-3-4-16(24)12-17/h3-9,12,26H,10-11,13,25H2,1-2H3. The van der Waals surface area contributed by atoms with Gasteiger partial charge in [-0.25, -0.2) is 13.8 Å². The van der Waals surface area contributed by atoms with Crippen molar-refractivity contribution in [1.82, 2.24) is 14.5 Å². The highest BCUT2D eigenvalue weighted by atomic mass is 19.1. The van der Waals surface area contributed by atoms with Crippen molar-refractivity contribution in [1.29, 1.82) is 0 Å². The fraction of sp³-hybridized carbons (Fsp3) is 0.273. The van der Waals surface area contributed by atoms with Crippen molar-refractivity contribution in [2.24, 2.45) is 5.73 Å². The first-order valence-corrected chi connectivity index (χ1v) is 9.68. The number of benzene rings is 2. The number of hydrogen-bond donors (Lipinski definition) is 2. The first kappa shape index (κ1) is 20.0. The molecule has 0 spiro atoms. The first-order valence-electron chi connectivity index (χ1n) is 9.68. The van der Waals surface area contributed by atoms with Gasteiger partial charge in [0, 0.05) is 24.3 Å². The maximum atomic E-state index is 13.7. The van der Waals surface area contributed by atoms with E-state index in [1.165, 1.54) is 24.3 Å². The molecule has 1 aromatic heterocycles.